The van der Waals surface area contributed by atoms with Crippen molar-refractivity contribution in [2.75, 3.05) is 25.0 Å². The van der Waals surface area contributed by atoms with Gasteiger partial charge in [-0.3, -0.25) is 5.43 Å². The molecule has 24 heavy (non-hydrogen) atoms. The summed E-state index contributed by atoms with van der Waals surface area (Å²) in [5, 5.41) is 17.3. The highest BCUT2D eigenvalue weighted by atomic mass is 35.5. The maximum Gasteiger partial charge on any atom is 0.163 e. The summed E-state index contributed by atoms with van der Waals surface area (Å²) in [4.78, 5) is 0. The van der Waals surface area contributed by atoms with Crippen LogP contribution in [-0.4, -0.2) is 19.6 Å². The SMILES string of the molecule is COc1cc(C#N)c(N=NNc2ccccc2)cc1OCCCCl. The first-order valence-corrected chi connectivity index (χ1v) is 7.84. The van der Waals surface area contributed by atoms with Crippen LogP contribution in [0.3, 0.4) is 0 Å². The average molecular weight is 345 g/mol. The first-order valence-electron chi connectivity index (χ1n) is 7.31. The molecule has 2 rings (SSSR count). The fourth-order valence-corrected chi connectivity index (χ4v) is 1.99. The van der Waals surface area contributed by atoms with Crippen LogP contribution in [0.2, 0.25) is 0 Å². The number of nitrogens with one attached hydrogen (secondary N) is 1. The smallest absolute Gasteiger partial charge is 0.163 e. The second kappa shape index (κ2) is 9.38. The monoisotopic (exact) mass is 344 g/mol. The van der Waals surface area contributed by atoms with Crippen molar-refractivity contribution in [2.24, 2.45) is 10.3 Å². The number of para-hydroxylation sites is 1. The predicted octanol–water partition coefficient (Wildman–Crippen LogP) is 4.69. The number of anilines is 1. The van der Waals surface area contributed by atoms with E-state index in [0.717, 1.165) is 5.69 Å². The molecular formula is C17H17ClN4O2. The molecule has 0 bridgehead atoms. The minimum absolute atomic E-state index is 0.343. The van der Waals surface area contributed by atoms with E-state index >= 15 is 0 Å². The summed E-state index contributed by atoms with van der Waals surface area (Å²) in [7, 11) is 1.52. The molecule has 0 radical (unpaired) electrons. The number of benzene rings is 2. The molecule has 124 valence electrons. The Morgan fingerprint density at radius 3 is 2.67 bits per heavy atom. The van der Waals surface area contributed by atoms with Gasteiger partial charge in [0.1, 0.15) is 11.8 Å². The molecular weight excluding hydrogens is 328 g/mol. The highest BCUT2D eigenvalue weighted by Crippen LogP contribution is 2.35. The molecule has 2 aromatic rings. The van der Waals surface area contributed by atoms with E-state index in [-0.39, 0.29) is 0 Å². The van der Waals surface area contributed by atoms with E-state index in [1.165, 1.54) is 7.11 Å². The molecule has 0 aliphatic heterocycles. The molecule has 0 unspecified atom stereocenters. The molecule has 0 fully saturated rings. The molecule has 0 aromatic heterocycles. The third-order valence-electron chi connectivity index (χ3n) is 3.05. The third kappa shape index (κ3) is 4.86. The van der Waals surface area contributed by atoms with E-state index in [4.69, 9.17) is 21.1 Å². The third-order valence-corrected chi connectivity index (χ3v) is 3.32. The lowest BCUT2D eigenvalue weighted by molar-refractivity contribution is 0.295. The second-order valence-corrected chi connectivity index (χ2v) is 5.08. The van der Waals surface area contributed by atoms with Crippen LogP contribution < -0.4 is 14.9 Å². The lowest BCUT2D eigenvalue weighted by Crippen LogP contribution is -2.00. The van der Waals surface area contributed by atoms with Crippen molar-refractivity contribution in [2.45, 2.75) is 6.42 Å². The normalized spacial score (nSPS) is 10.4. The molecule has 6 nitrogen and oxygen atoms in total. The molecule has 7 heteroatoms. The number of rotatable bonds is 8. The Balaban J connectivity index is 2.20. The number of ether oxygens (including phenoxy) is 2. The van der Waals surface area contributed by atoms with Crippen molar-refractivity contribution in [1.82, 2.24) is 0 Å². The van der Waals surface area contributed by atoms with Crippen LogP contribution in [0.25, 0.3) is 0 Å². The van der Waals surface area contributed by atoms with Gasteiger partial charge >= 0.3 is 0 Å². The molecule has 0 saturated carbocycles. The van der Waals surface area contributed by atoms with Crippen molar-refractivity contribution >= 4 is 23.0 Å². The number of alkyl halides is 1. The zero-order valence-electron chi connectivity index (χ0n) is 13.2. The highest BCUT2D eigenvalue weighted by Gasteiger charge is 2.11. The number of methoxy groups -OCH3 is 1. The van der Waals surface area contributed by atoms with Crippen LogP contribution in [0.4, 0.5) is 11.4 Å². The van der Waals surface area contributed by atoms with Crippen molar-refractivity contribution in [3.63, 3.8) is 0 Å². The van der Waals surface area contributed by atoms with E-state index in [0.29, 0.717) is 41.7 Å². The van der Waals surface area contributed by atoms with Gasteiger partial charge in [0.15, 0.2) is 11.5 Å². The number of nitriles is 1. The Morgan fingerprint density at radius 2 is 2.00 bits per heavy atom. The van der Waals surface area contributed by atoms with E-state index in [2.05, 4.69) is 21.8 Å². The van der Waals surface area contributed by atoms with Gasteiger partial charge in [0, 0.05) is 18.0 Å². The Bertz CT molecular complexity index is 729. The van der Waals surface area contributed by atoms with Gasteiger partial charge in [-0.05, 0) is 18.6 Å². The van der Waals surface area contributed by atoms with Crippen molar-refractivity contribution < 1.29 is 9.47 Å². The lowest BCUT2D eigenvalue weighted by Gasteiger charge is -2.11. The molecule has 0 spiro atoms. The Hall–Kier alpha value is -2.78. The van der Waals surface area contributed by atoms with Gasteiger partial charge in [-0.25, -0.2) is 0 Å². The molecule has 0 heterocycles. The minimum Gasteiger partial charge on any atom is -0.493 e. The zero-order valence-corrected chi connectivity index (χ0v) is 14.0. The van der Waals surface area contributed by atoms with Crippen LogP contribution >= 0.6 is 11.6 Å². The van der Waals surface area contributed by atoms with Gasteiger partial charge in [0.05, 0.1) is 25.0 Å². The van der Waals surface area contributed by atoms with Crippen LogP contribution in [0, 0.1) is 11.3 Å². The number of hydrogen-bond acceptors (Lipinski definition) is 5. The van der Waals surface area contributed by atoms with E-state index in [1.54, 1.807) is 12.1 Å². The minimum atomic E-state index is 0.343. The summed E-state index contributed by atoms with van der Waals surface area (Å²) in [6.07, 6.45) is 0.705. The van der Waals surface area contributed by atoms with Crippen LogP contribution in [-0.2, 0) is 0 Å². The van der Waals surface area contributed by atoms with E-state index in [9.17, 15) is 5.26 Å². The van der Waals surface area contributed by atoms with Crippen LogP contribution in [0.1, 0.15) is 12.0 Å². The summed E-state index contributed by atoms with van der Waals surface area (Å²) >= 11 is 5.65. The molecule has 2 aromatic carbocycles. The topological polar surface area (TPSA) is 79.0 Å². The standard InChI is InChI=1S/C17H17ClN4O2/c1-23-16-10-13(12-19)15(11-17(16)24-9-5-8-18)21-22-20-14-6-3-2-4-7-14/h2-4,6-7,10-11H,5,8-9H2,1H3,(H,20,21). The van der Waals surface area contributed by atoms with Gasteiger partial charge in [0.2, 0.25) is 0 Å². The summed E-state index contributed by atoms with van der Waals surface area (Å²) in [6.45, 7) is 0.449. The van der Waals surface area contributed by atoms with Crippen molar-refractivity contribution in [3.05, 3.63) is 48.0 Å². The first kappa shape index (κ1) is 17.6. The average Bonchev–Trinajstić information content (AvgIpc) is 2.63. The van der Waals surface area contributed by atoms with Crippen molar-refractivity contribution in [3.8, 4) is 17.6 Å². The van der Waals surface area contributed by atoms with Gasteiger partial charge in [0.25, 0.3) is 0 Å². The molecule has 0 aliphatic carbocycles. The molecule has 0 saturated heterocycles. The quantitative estimate of drug-likeness (QED) is 0.326. The lowest BCUT2D eigenvalue weighted by atomic mass is 10.1. The Kier molecular flexibility index (Phi) is 6.87. The molecule has 0 aliphatic rings. The van der Waals surface area contributed by atoms with Gasteiger partial charge in [-0.1, -0.05) is 23.4 Å². The van der Waals surface area contributed by atoms with E-state index in [1.807, 2.05) is 30.3 Å². The largest absolute Gasteiger partial charge is 0.493 e. The number of hydrogen-bond donors (Lipinski definition) is 1. The summed E-state index contributed by atoms with van der Waals surface area (Å²) in [5.41, 5.74) is 4.34. The number of nitrogens with zero attached hydrogens (tertiary/aromatic N) is 3. The second-order valence-electron chi connectivity index (χ2n) is 4.70. The Morgan fingerprint density at radius 1 is 1.21 bits per heavy atom. The predicted molar refractivity (Wildman–Crippen MR) is 93.1 cm³/mol. The molecule has 1 N–H and O–H groups in total. The summed E-state index contributed by atoms with van der Waals surface area (Å²) in [5.74, 6) is 1.47. The summed E-state index contributed by atoms with van der Waals surface area (Å²) < 4.78 is 10.9. The van der Waals surface area contributed by atoms with Crippen LogP contribution in [0.15, 0.2) is 52.8 Å². The molecule has 0 amide bonds. The van der Waals surface area contributed by atoms with Crippen LogP contribution in [0.5, 0.6) is 11.5 Å². The maximum absolute atomic E-state index is 9.27. The van der Waals surface area contributed by atoms with Gasteiger partial charge in [-0.15, -0.1) is 16.7 Å². The highest BCUT2D eigenvalue weighted by molar-refractivity contribution is 6.17. The first-order chi connectivity index (χ1) is 11.8. The molecule has 0 atom stereocenters. The van der Waals surface area contributed by atoms with E-state index < -0.39 is 0 Å². The Labute approximate surface area is 145 Å². The van der Waals surface area contributed by atoms with Crippen molar-refractivity contribution in [1.29, 1.82) is 5.26 Å². The zero-order chi connectivity index (χ0) is 17.2. The van der Waals surface area contributed by atoms with Gasteiger partial charge in [-0.2, -0.15) is 5.26 Å². The van der Waals surface area contributed by atoms with Gasteiger partial charge < -0.3 is 9.47 Å². The fraction of sp³-hybridized carbons (Fsp3) is 0.235. The maximum atomic E-state index is 9.27. The summed E-state index contributed by atoms with van der Waals surface area (Å²) in [6, 6.07) is 14.7. The fourth-order valence-electron chi connectivity index (χ4n) is 1.88. The number of halogens is 1.